The maximum absolute atomic E-state index is 11.6. The summed E-state index contributed by atoms with van der Waals surface area (Å²) >= 11 is 0. The molecule has 0 saturated carbocycles. The number of carbonyl (C=O) groups is 2. The number of hydrogen-bond donors (Lipinski definition) is 1. The number of carbonyl (C=O) groups excluding carboxylic acids is 1. The van der Waals surface area contributed by atoms with Crippen molar-refractivity contribution in [2.45, 2.75) is 44.7 Å². The summed E-state index contributed by atoms with van der Waals surface area (Å²) in [6.07, 6.45) is 1.62. The fourth-order valence-corrected chi connectivity index (χ4v) is 3.70. The Balaban J connectivity index is 0.000000318. The van der Waals surface area contributed by atoms with E-state index in [1.54, 1.807) is 6.92 Å². The molecule has 2 aromatic heterocycles. The van der Waals surface area contributed by atoms with E-state index in [4.69, 9.17) is 20.0 Å². The van der Waals surface area contributed by atoms with E-state index in [0.29, 0.717) is 0 Å². The predicted molar refractivity (Wildman–Crippen MR) is 102 cm³/mol. The summed E-state index contributed by atoms with van der Waals surface area (Å²) in [7, 11) is 0. The Morgan fingerprint density at radius 3 is 2.40 bits per heavy atom. The van der Waals surface area contributed by atoms with E-state index in [0.717, 1.165) is 50.5 Å². The van der Waals surface area contributed by atoms with Crippen molar-refractivity contribution < 1.29 is 27.9 Å². The molecule has 4 heterocycles. The first kappa shape index (κ1) is 21.8. The molecule has 0 spiro atoms. The first-order chi connectivity index (χ1) is 14.1. The Morgan fingerprint density at radius 1 is 1.13 bits per heavy atom. The standard InChI is InChI=1S/C17H23N5O.C2HF3O2/c1-13(23)21-10-4-5-14(11-21)17-18-16-7-6-15(12-22(16)19-17)20-8-2-3-9-20;3-2(4,5)1(6)7/h6-7,12,14H,2-5,8-11H2,1H3;(H,6,7). The SMILES string of the molecule is CC(=O)N1CCCC(c2nc3ccc(N4CCCC4)cn3n2)C1.O=C(O)C(F)(F)F. The van der Waals surface area contributed by atoms with Crippen molar-refractivity contribution in [1.29, 1.82) is 0 Å². The van der Waals surface area contributed by atoms with Gasteiger partial charge in [-0.05, 0) is 37.8 Å². The van der Waals surface area contributed by atoms with E-state index in [9.17, 15) is 18.0 Å². The molecule has 2 aliphatic heterocycles. The van der Waals surface area contributed by atoms with Crippen LogP contribution in [0.3, 0.4) is 0 Å². The number of anilines is 1. The van der Waals surface area contributed by atoms with Crippen molar-refractivity contribution in [3.05, 3.63) is 24.2 Å². The minimum atomic E-state index is -5.08. The summed E-state index contributed by atoms with van der Waals surface area (Å²) in [5.74, 6) is -1.49. The molecule has 4 rings (SSSR count). The molecular formula is C19H24F3N5O3. The summed E-state index contributed by atoms with van der Waals surface area (Å²) in [6, 6.07) is 4.19. The number of hydrogen-bond acceptors (Lipinski definition) is 5. The van der Waals surface area contributed by atoms with Crippen LogP contribution in [-0.4, -0.2) is 68.8 Å². The summed E-state index contributed by atoms with van der Waals surface area (Å²) in [5.41, 5.74) is 2.11. The molecule has 0 bridgehead atoms. The van der Waals surface area contributed by atoms with Gasteiger partial charge in [-0.25, -0.2) is 14.3 Å². The first-order valence-electron chi connectivity index (χ1n) is 9.82. The van der Waals surface area contributed by atoms with Crippen LogP contribution >= 0.6 is 0 Å². The van der Waals surface area contributed by atoms with Crippen LogP contribution in [0.4, 0.5) is 18.9 Å². The second-order valence-electron chi connectivity index (χ2n) is 7.46. The number of fused-ring (bicyclic) bond motifs is 1. The molecule has 0 aliphatic carbocycles. The van der Waals surface area contributed by atoms with Gasteiger partial charge in [-0.3, -0.25) is 4.79 Å². The van der Waals surface area contributed by atoms with E-state index in [1.807, 2.05) is 9.42 Å². The van der Waals surface area contributed by atoms with Gasteiger partial charge in [0.15, 0.2) is 11.5 Å². The van der Waals surface area contributed by atoms with Crippen LogP contribution in [-0.2, 0) is 9.59 Å². The Kier molecular flexibility index (Phi) is 6.47. The highest BCUT2D eigenvalue weighted by Gasteiger charge is 2.38. The number of carboxylic acids is 1. The van der Waals surface area contributed by atoms with Gasteiger partial charge in [0.05, 0.1) is 11.9 Å². The number of carboxylic acid groups (broad SMARTS) is 1. The first-order valence-corrected chi connectivity index (χ1v) is 9.82. The van der Waals surface area contributed by atoms with Gasteiger partial charge >= 0.3 is 12.1 Å². The Bertz CT molecular complexity index is 908. The molecule has 0 aromatic carbocycles. The highest BCUT2D eigenvalue weighted by molar-refractivity contribution is 5.73. The van der Waals surface area contributed by atoms with Gasteiger partial charge in [0.25, 0.3) is 0 Å². The van der Waals surface area contributed by atoms with E-state index >= 15 is 0 Å². The zero-order chi connectivity index (χ0) is 21.9. The second-order valence-corrected chi connectivity index (χ2v) is 7.46. The Labute approximate surface area is 171 Å². The molecule has 1 atom stereocenters. The molecule has 2 fully saturated rings. The number of aliphatic carboxylic acids is 1. The molecule has 30 heavy (non-hydrogen) atoms. The van der Waals surface area contributed by atoms with Crippen molar-refractivity contribution in [3.8, 4) is 0 Å². The summed E-state index contributed by atoms with van der Waals surface area (Å²) in [5, 5.41) is 11.8. The maximum Gasteiger partial charge on any atom is 0.490 e. The van der Waals surface area contributed by atoms with Crippen LogP contribution in [0.25, 0.3) is 5.65 Å². The highest BCUT2D eigenvalue weighted by Crippen LogP contribution is 2.26. The predicted octanol–water partition coefficient (Wildman–Crippen LogP) is 2.69. The highest BCUT2D eigenvalue weighted by atomic mass is 19.4. The van der Waals surface area contributed by atoms with Gasteiger partial charge in [-0.2, -0.15) is 18.3 Å². The molecular weight excluding hydrogens is 403 g/mol. The van der Waals surface area contributed by atoms with Gasteiger partial charge in [0.2, 0.25) is 5.91 Å². The molecule has 1 N–H and O–H groups in total. The molecule has 2 aromatic rings. The number of halogens is 3. The van der Waals surface area contributed by atoms with Crippen molar-refractivity contribution in [1.82, 2.24) is 19.5 Å². The molecule has 2 saturated heterocycles. The van der Waals surface area contributed by atoms with Crippen LogP contribution in [0.15, 0.2) is 18.3 Å². The molecule has 1 amide bonds. The largest absolute Gasteiger partial charge is 0.490 e. The third-order valence-corrected chi connectivity index (χ3v) is 5.28. The molecule has 0 radical (unpaired) electrons. The quantitative estimate of drug-likeness (QED) is 0.793. The zero-order valence-electron chi connectivity index (χ0n) is 16.6. The lowest BCUT2D eigenvalue weighted by Gasteiger charge is -2.30. The lowest BCUT2D eigenvalue weighted by molar-refractivity contribution is -0.192. The topological polar surface area (TPSA) is 91.0 Å². The molecule has 2 aliphatic rings. The van der Waals surface area contributed by atoms with E-state index in [1.165, 1.54) is 18.5 Å². The van der Waals surface area contributed by atoms with Crippen molar-refractivity contribution >= 4 is 23.2 Å². The summed E-state index contributed by atoms with van der Waals surface area (Å²) in [6.45, 7) is 5.50. The van der Waals surface area contributed by atoms with Crippen LogP contribution in [0, 0.1) is 0 Å². The fraction of sp³-hybridized carbons (Fsp3) is 0.579. The number of nitrogens with zero attached hydrogens (tertiary/aromatic N) is 5. The number of rotatable bonds is 2. The van der Waals surface area contributed by atoms with E-state index in [-0.39, 0.29) is 11.8 Å². The summed E-state index contributed by atoms with van der Waals surface area (Å²) < 4.78 is 33.6. The van der Waals surface area contributed by atoms with Gasteiger partial charge in [-0.1, -0.05) is 0 Å². The second kappa shape index (κ2) is 8.88. The Morgan fingerprint density at radius 2 is 1.80 bits per heavy atom. The Hall–Kier alpha value is -2.85. The van der Waals surface area contributed by atoms with Crippen LogP contribution < -0.4 is 4.90 Å². The molecule has 11 heteroatoms. The van der Waals surface area contributed by atoms with Gasteiger partial charge in [0, 0.05) is 39.0 Å². The van der Waals surface area contributed by atoms with E-state index < -0.39 is 12.1 Å². The normalized spacial score (nSPS) is 19.5. The van der Waals surface area contributed by atoms with Crippen LogP contribution in [0.5, 0.6) is 0 Å². The minimum Gasteiger partial charge on any atom is -0.475 e. The number of likely N-dealkylation sites (tertiary alicyclic amines) is 1. The number of pyridine rings is 1. The average molecular weight is 427 g/mol. The van der Waals surface area contributed by atoms with Crippen molar-refractivity contribution in [3.63, 3.8) is 0 Å². The summed E-state index contributed by atoms with van der Waals surface area (Å²) in [4.78, 5) is 29.5. The third kappa shape index (κ3) is 5.19. The number of piperidine rings is 1. The lowest BCUT2D eigenvalue weighted by Crippen LogP contribution is -2.37. The third-order valence-electron chi connectivity index (χ3n) is 5.28. The average Bonchev–Trinajstić information content (AvgIpc) is 3.37. The smallest absolute Gasteiger partial charge is 0.475 e. The minimum absolute atomic E-state index is 0.148. The van der Waals surface area contributed by atoms with Gasteiger partial charge in [-0.15, -0.1) is 0 Å². The van der Waals surface area contributed by atoms with Crippen molar-refractivity contribution in [2.75, 3.05) is 31.1 Å². The van der Waals surface area contributed by atoms with E-state index in [2.05, 4.69) is 23.2 Å². The fourth-order valence-electron chi connectivity index (χ4n) is 3.70. The number of alkyl halides is 3. The molecule has 8 nitrogen and oxygen atoms in total. The number of aromatic nitrogens is 3. The maximum atomic E-state index is 11.6. The number of amides is 1. The van der Waals surface area contributed by atoms with Crippen molar-refractivity contribution in [2.24, 2.45) is 0 Å². The van der Waals surface area contributed by atoms with Crippen LogP contribution in [0.1, 0.15) is 44.3 Å². The molecule has 164 valence electrons. The molecule has 1 unspecified atom stereocenters. The van der Waals surface area contributed by atoms with Gasteiger partial charge < -0.3 is 14.9 Å². The van der Waals surface area contributed by atoms with Crippen LogP contribution in [0.2, 0.25) is 0 Å². The zero-order valence-corrected chi connectivity index (χ0v) is 16.6. The van der Waals surface area contributed by atoms with Gasteiger partial charge in [0.1, 0.15) is 0 Å². The lowest BCUT2D eigenvalue weighted by atomic mass is 9.97. The monoisotopic (exact) mass is 427 g/mol.